The first-order valence-electron chi connectivity index (χ1n) is 6.16. The normalized spacial score (nSPS) is 23.2. The van der Waals surface area contributed by atoms with Gasteiger partial charge in [0, 0.05) is 11.7 Å². The number of rotatable bonds is 4. The maximum atomic E-state index is 10.7. The van der Waals surface area contributed by atoms with Crippen molar-refractivity contribution >= 4 is 11.7 Å². The lowest BCUT2D eigenvalue weighted by Gasteiger charge is -2.34. The molecule has 0 aromatic heterocycles. The number of benzene rings is 1. The summed E-state index contributed by atoms with van der Waals surface area (Å²) in [6.45, 7) is 4.34. The zero-order valence-corrected chi connectivity index (χ0v) is 10.3. The molecule has 1 fully saturated rings. The van der Waals surface area contributed by atoms with Gasteiger partial charge in [0.2, 0.25) is 0 Å². The Morgan fingerprint density at radius 2 is 2.00 bits per heavy atom. The van der Waals surface area contributed by atoms with Gasteiger partial charge >= 0.3 is 5.97 Å². The third kappa shape index (κ3) is 2.60. The van der Waals surface area contributed by atoms with Gasteiger partial charge in [-0.15, -0.1) is 0 Å². The molecule has 2 rings (SSSR count). The zero-order valence-electron chi connectivity index (χ0n) is 10.3. The summed E-state index contributed by atoms with van der Waals surface area (Å²) in [5.74, 6) is -0.340. The van der Waals surface area contributed by atoms with E-state index in [-0.39, 0.29) is 5.92 Å². The van der Waals surface area contributed by atoms with Crippen LogP contribution in [0.3, 0.4) is 0 Å². The smallest absolute Gasteiger partial charge is 0.306 e. The van der Waals surface area contributed by atoms with E-state index >= 15 is 0 Å². The maximum absolute atomic E-state index is 10.7. The SMILES string of the molecule is CC(C)c1ccccc1NC1CC(C(=O)O)C1. The Kier molecular flexibility index (Phi) is 3.36. The number of anilines is 1. The van der Waals surface area contributed by atoms with Crippen molar-refractivity contribution in [2.45, 2.75) is 38.6 Å². The molecule has 0 radical (unpaired) electrons. The van der Waals surface area contributed by atoms with Crippen LogP contribution in [0.25, 0.3) is 0 Å². The minimum Gasteiger partial charge on any atom is -0.481 e. The maximum Gasteiger partial charge on any atom is 0.306 e. The Hall–Kier alpha value is -1.51. The Morgan fingerprint density at radius 1 is 1.35 bits per heavy atom. The number of carboxylic acid groups (broad SMARTS) is 1. The Morgan fingerprint density at radius 3 is 2.59 bits per heavy atom. The lowest BCUT2D eigenvalue weighted by molar-refractivity contribution is -0.144. The molecule has 1 aromatic carbocycles. The molecule has 0 heterocycles. The van der Waals surface area contributed by atoms with E-state index in [0.29, 0.717) is 12.0 Å². The first kappa shape index (κ1) is 12.0. The van der Waals surface area contributed by atoms with Crippen molar-refractivity contribution in [1.29, 1.82) is 0 Å². The minimum atomic E-state index is -0.666. The van der Waals surface area contributed by atoms with E-state index in [9.17, 15) is 4.79 Å². The average molecular weight is 233 g/mol. The summed E-state index contributed by atoms with van der Waals surface area (Å²) in [4.78, 5) is 10.7. The van der Waals surface area contributed by atoms with Crippen LogP contribution in [0.4, 0.5) is 5.69 Å². The molecule has 3 heteroatoms. The number of hydrogen-bond acceptors (Lipinski definition) is 2. The van der Waals surface area contributed by atoms with Gasteiger partial charge in [0.05, 0.1) is 5.92 Å². The molecule has 0 amide bonds. The fourth-order valence-electron chi connectivity index (χ4n) is 2.29. The predicted molar refractivity (Wildman–Crippen MR) is 68.3 cm³/mol. The molecule has 0 unspecified atom stereocenters. The second-order valence-corrected chi connectivity index (χ2v) is 5.09. The van der Waals surface area contributed by atoms with E-state index in [1.54, 1.807) is 0 Å². The Balaban J connectivity index is 1.99. The molecule has 3 nitrogen and oxygen atoms in total. The molecule has 0 saturated heterocycles. The van der Waals surface area contributed by atoms with E-state index in [0.717, 1.165) is 18.5 Å². The summed E-state index contributed by atoms with van der Waals surface area (Å²) in [5, 5.41) is 12.3. The van der Waals surface area contributed by atoms with E-state index < -0.39 is 5.97 Å². The number of para-hydroxylation sites is 1. The zero-order chi connectivity index (χ0) is 12.4. The number of carbonyl (C=O) groups is 1. The van der Waals surface area contributed by atoms with Gasteiger partial charge in [-0.3, -0.25) is 4.79 Å². The van der Waals surface area contributed by atoms with E-state index in [2.05, 4.69) is 31.3 Å². The second kappa shape index (κ2) is 4.78. The van der Waals surface area contributed by atoms with Crippen LogP contribution in [0.5, 0.6) is 0 Å². The molecule has 0 atom stereocenters. The lowest BCUT2D eigenvalue weighted by atomic mass is 9.80. The molecular formula is C14H19NO2. The van der Waals surface area contributed by atoms with Gasteiger partial charge in [-0.05, 0) is 30.4 Å². The highest BCUT2D eigenvalue weighted by Crippen LogP contribution is 2.32. The van der Waals surface area contributed by atoms with Crippen LogP contribution in [-0.2, 0) is 4.79 Å². The lowest BCUT2D eigenvalue weighted by Crippen LogP contribution is -2.39. The second-order valence-electron chi connectivity index (χ2n) is 5.09. The van der Waals surface area contributed by atoms with Crippen molar-refractivity contribution in [1.82, 2.24) is 0 Å². The highest BCUT2D eigenvalue weighted by molar-refractivity contribution is 5.71. The molecule has 1 aliphatic rings. The molecule has 2 N–H and O–H groups in total. The van der Waals surface area contributed by atoms with Gasteiger partial charge in [-0.1, -0.05) is 32.0 Å². The molecule has 0 aliphatic heterocycles. The molecule has 1 saturated carbocycles. The van der Waals surface area contributed by atoms with Crippen molar-refractivity contribution in [2.75, 3.05) is 5.32 Å². The van der Waals surface area contributed by atoms with Crippen LogP contribution in [0.2, 0.25) is 0 Å². The molecule has 92 valence electrons. The Labute approximate surface area is 102 Å². The first-order chi connectivity index (χ1) is 8.08. The summed E-state index contributed by atoms with van der Waals surface area (Å²) in [7, 11) is 0. The molecule has 1 aliphatic carbocycles. The summed E-state index contributed by atoms with van der Waals surface area (Å²) >= 11 is 0. The van der Waals surface area contributed by atoms with E-state index in [1.807, 2.05) is 12.1 Å². The van der Waals surface area contributed by atoms with Crippen molar-refractivity contribution < 1.29 is 9.90 Å². The van der Waals surface area contributed by atoms with E-state index in [1.165, 1.54) is 5.56 Å². The van der Waals surface area contributed by atoms with E-state index in [4.69, 9.17) is 5.11 Å². The number of hydrogen-bond donors (Lipinski definition) is 2. The van der Waals surface area contributed by atoms with Crippen LogP contribution >= 0.6 is 0 Å². The summed E-state index contributed by atoms with van der Waals surface area (Å²) in [6, 6.07) is 8.57. The van der Waals surface area contributed by atoms with Crippen LogP contribution in [0.15, 0.2) is 24.3 Å². The molecular weight excluding hydrogens is 214 g/mol. The van der Waals surface area contributed by atoms with Gasteiger partial charge < -0.3 is 10.4 Å². The number of aliphatic carboxylic acids is 1. The third-order valence-electron chi connectivity index (χ3n) is 3.43. The van der Waals surface area contributed by atoms with Crippen LogP contribution < -0.4 is 5.32 Å². The standard InChI is InChI=1S/C14H19NO2/c1-9(2)12-5-3-4-6-13(12)15-11-7-10(8-11)14(16)17/h3-6,9-11,15H,7-8H2,1-2H3,(H,16,17). The van der Waals surface area contributed by atoms with Crippen LogP contribution in [0.1, 0.15) is 38.2 Å². The molecule has 1 aromatic rings. The fourth-order valence-corrected chi connectivity index (χ4v) is 2.29. The summed E-state index contributed by atoms with van der Waals surface area (Å²) in [5.41, 5.74) is 2.45. The minimum absolute atomic E-state index is 0.154. The fraction of sp³-hybridized carbons (Fsp3) is 0.500. The van der Waals surface area contributed by atoms with Crippen molar-refractivity contribution in [3.63, 3.8) is 0 Å². The molecule has 0 spiro atoms. The molecule has 17 heavy (non-hydrogen) atoms. The number of nitrogens with one attached hydrogen (secondary N) is 1. The first-order valence-corrected chi connectivity index (χ1v) is 6.16. The topological polar surface area (TPSA) is 49.3 Å². The quantitative estimate of drug-likeness (QED) is 0.840. The van der Waals surface area contributed by atoms with Gasteiger partial charge in [-0.25, -0.2) is 0 Å². The van der Waals surface area contributed by atoms with Crippen molar-refractivity contribution in [3.8, 4) is 0 Å². The largest absolute Gasteiger partial charge is 0.481 e. The summed E-state index contributed by atoms with van der Waals surface area (Å²) < 4.78 is 0. The van der Waals surface area contributed by atoms with Crippen LogP contribution in [0, 0.1) is 5.92 Å². The third-order valence-corrected chi connectivity index (χ3v) is 3.43. The highest BCUT2D eigenvalue weighted by Gasteiger charge is 2.34. The Bertz CT molecular complexity index is 408. The summed E-state index contributed by atoms with van der Waals surface area (Å²) in [6.07, 6.45) is 1.48. The van der Waals surface area contributed by atoms with Gasteiger partial charge in [0.15, 0.2) is 0 Å². The predicted octanol–water partition coefficient (Wildman–Crippen LogP) is 3.09. The van der Waals surface area contributed by atoms with Crippen LogP contribution in [-0.4, -0.2) is 17.1 Å². The van der Waals surface area contributed by atoms with Gasteiger partial charge in [0.25, 0.3) is 0 Å². The van der Waals surface area contributed by atoms with Crippen molar-refractivity contribution in [2.24, 2.45) is 5.92 Å². The highest BCUT2D eigenvalue weighted by atomic mass is 16.4. The van der Waals surface area contributed by atoms with Gasteiger partial charge in [0.1, 0.15) is 0 Å². The number of carboxylic acids is 1. The van der Waals surface area contributed by atoms with Gasteiger partial charge in [-0.2, -0.15) is 0 Å². The van der Waals surface area contributed by atoms with Crippen molar-refractivity contribution in [3.05, 3.63) is 29.8 Å². The monoisotopic (exact) mass is 233 g/mol. The molecule has 0 bridgehead atoms. The average Bonchev–Trinajstić information content (AvgIpc) is 2.22.